The van der Waals surface area contributed by atoms with Crippen molar-refractivity contribution in [2.45, 2.75) is 13.8 Å². The maximum absolute atomic E-state index is 12.5. The van der Waals surface area contributed by atoms with Crippen LogP contribution in [0.5, 0.6) is 0 Å². The van der Waals surface area contributed by atoms with E-state index in [4.69, 9.17) is 0 Å². The Kier molecular flexibility index (Phi) is 3.97. The maximum atomic E-state index is 12.5. The Morgan fingerprint density at radius 3 is 2.53 bits per heavy atom. The van der Waals surface area contributed by atoms with Crippen LogP contribution >= 0.6 is 0 Å². The molecule has 0 atom stereocenters. The van der Waals surface area contributed by atoms with Gasteiger partial charge in [-0.3, -0.25) is 4.79 Å². The second-order valence-corrected chi connectivity index (χ2v) is 3.47. The Hall–Kier alpha value is -1.71. The molecule has 80 valence electrons. The van der Waals surface area contributed by atoms with E-state index in [2.05, 4.69) is 10.5 Å². The van der Waals surface area contributed by atoms with Gasteiger partial charge in [0.05, 0.1) is 0 Å². The number of halogens is 1. The van der Waals surface area contributed by atoms with Gasteiger partial charge in [0.15, 0.2) is 0 Å². The lowest BCUT2D eigenvalue weighted by Gasteiger charge is -1.99. The zero-order valence-electron chi connectivity index (χ0n) is 8.70. The molecule has 0 aliphatic carbocycles. The molecule has 0 spiro atoms. The minimum absolute atomic E-state index is 0.276. The van der Waals surface area contributed by atoms with Gasteiger partial charge in [-0.1, -0.05) is 13.8 Å². The lowest BCUT2D eigenvalue weighted by molar-refractivity contribution is 0.0955. The predicted octanol–water partition coefficient (Wildman–Crippen LogP) is 2.20. The molecule has 0 heterocycles. The van der Waals surface area contributed by atoms with E-state index in [9.17, 15) is 9.18 Å². The molecule has 0 saturated heterocycles. The van der Waals surface area contributed by atoms with Crippen molar-refractivity contribution >= 4 is 12.1 Å². The molecular weight excluding hydrogens is 195 g/mol. The van der Waals surface area contributed by atoms with Crippen molar-refractivity contribution in [2.24, 2.45) is 11.0 Å². The molecule has 1 rings (SSSR count). The molecule has 0 aliphatic heterocycles. The highest BCUT2D eigenvalue weighted by Gasteiger charge is 2.03. The van der Waals surface area contributed by atoms with Crippen molar-refractivity contribution in [2.75, 3.05) is 0 Å². The standard InChI is InChI=1S/C11H13FN2O/c1-8(2)7-13-14-11(15)9-3-5-10(12)6-4-9/h3-8H,1-2H3,(H,14,15). The highest BCUT2D eigenvalue weighted by molar-refractivity contribution is 5.94. The molecule has 1 N–H and O–H groups in total. The van der Waals surface area contributed by atoms with Gasteiger partial charge < -0.3 is 0 Å². The molecule has 3 nitrogen and oxygen atoms in total. The summed E-state index contributed by atoms with van der Waals surface area (Å²) < 4.78 is 12.5. The number of hydrogen-bond donors (Lipinski definition) is 1. The fourth-order valence-electron chi connectivity index (χ4n) is 0.911. The van der Waals surface area contributed by atoms with Crippen molar-refractivity contribution < 1.29 is 9.18 Å². The average Bonchev–Trinajstić information content (AvgIpc) is 2.18. The zero-order valence-corrected chi connectivity index (χ0v) is 8.70. The lowest BCUT2D eigenvalue weighted by atomic mass is 10.2. The van der Waals surface area contributed by atoms with E-state index in [1.165, 1.54) is 24.3 Å². The van der Waals surface area contributed by atoms with Crippen LogP contribution in [0.15, 0.2) is 29.4 Å². The van der Waals surface area contributed by atoms with E-state index >= 15 is 0 Å². The topological polar surface area (TPSA) is 41.5 Å². The summed E-state index contributed by atoms with van der Waals surface area (Å²) in [5.74, 6) is -0.428. The van der Waals surface area contributed by atoms with Gasteiger partial charge in [-0.25, -0.2) is 9.82 Å². The molecule has 0 fully saturated rings. The molecule has 0 bridgehead atoms. The average molecular weight is 208 g/mol. The molecule has 0 aliphatic rings. The Labute approximate surface area is 88.0 Å². The van der Waals surface area contributed by atoms with Crippen LogP contribution in [0.25, 0.3) is 0 Å². The van der Waals surface area contributed by atoms with E-state index in [0.29, 0.717) is 5.56 Å². The quantitative estimate of drug-likeness (QED) is 0.600. The van der Waals surface area contributed by atoms with Gasteiger partial charge in [0.2, 0.25) is 0 Å². The third-order valence-electron chi connectivity index (χ3n) is 1.65. The maximum Gasteiger partial charge on any atom is 0.271 e. The van der Waals surface area contributed by atoms with Gasteiger partial charge in [-0.2, -0.15) is 5.10 Å². The minimum Gasteiger partial charge on any atom is -0.267 e. The van der Waals surface area contributed by atoms with E-state index in [1.54, 1.807) is 6.21 Å². The highest BCUT2D eigenvalue weighted by Crippen LogP contribution is 2.02. The summed E-state index contributed by atoms with van der Waals surface area (Å²) in [4.78, 5) is 11.4. The van der Waals surface area contributed by atoms with Crippen molar-refractivity contribution in [3.05, 3.63) is 35.6 Å². The van der Waals surface area contributed by atoms with Crippen LogP contribution in [0.1, 0.15) is 24.2 Å². The summed E-state index contributed by atoms with van der Waals surface area (Å²) in [7, 11) is 0. The molecule has 1 aromatic carbocycles. The Morgan fingerprint density at radius 1 is 1.40 bits per heavy atom. The van der Waals surface area contributed by atoms with Gasteiger partial charge >= 0.3 is 0 Å². The number of carbonyl (C=O) groups excluding carboxylic acids is 1. The van der Waals surface area contributed by atoms with E-state index in [0.717, 1.165) is 0 Å². The van der Waals surface area contributed by atoms with Gasteiger partial charge in [-0.15, -0.1) is 0 Å². The number of nitrogens with zero attached hydrogens (tertiary/aromatic N) is 1. The third kappa shape index (κ3) is 3.89. The van der Waals surface area contributed by atoms with E-state index in [1.807, 2.05) is 13.8 Å². The molecular formula is C11H13FN2O. The van der Waals surface area contributed by atoms with E-state index < -0.39 is 0 Å². The van der Waals surface area contributed by atoms with Gasteiger partial charge in [-0.05, 0) is 30.2 Å². The van der Waals surface area contributed by atoms with Crippen molar-refractivity contribution in [1.29, 1.82) is 0 Å². The number of amides is 1. The number of benzene rings is 1. The van der Waals surface area contributed by atoms with Crippen LogP contribution in [0.4, 0.5) is 4.39 Å². The second-order valence-electron chi connectivity index (χ2n) is 3.47. The smallest absolute Gasteiger partial charge is 0.267 e. The first-order valence-electron chi connectivity index (χ1n) is 4.68. The molecule has 1 aromatic rings. The molecule has 0 aromatic heterocycles. The van der Waals surface area contributed by atoms with Crippen molar-refractivity contribution in [3.63, 3.8) is 0 Å². The summed E-state index contributed by atoms with van der Waals surface area (Å²) in [6.45, 7) is 3.90. The number of hydrogen-bond acceptors (Lipinski definition) is 2. The largest absolute Gasteiger partial charge is 0.271 e. The van der Waals surface area contributed by atoms with Crippen LogP contribution in [0, 0.1) is 11.7 Å². The van der Waals surface area contributed by atoms with Crippen molar-refractivity contribution in [3.8, 4) is 0 Å². The van der Waals surface area contributed by atoms with Crippen LogP contribution in [0.2, 0.25) is 0 Å². The fourth-order valence-corrected chi connectivity index (χ4v) is 0.911. The van der Waals surface area contributed by atoms with Gasteiger partial charge in [0.1, 0.15) is 5.82 Å². The van der Waals surface area contributed by atoms with Crippen LogP contribution in [-0.4, -0.2) is 12.1 Å². The summed E-state index contributed by atoms with van der Waals surface area (Å²) in [6.07, 6.45) is 1.63. The number of rotatable bonds is 3. The van der Waals surface area contributed by atoms with Gasteiger partial charge in [0, 0.05) is 11.8 Å². The first-order chi connectivity index (χ1) is 7.09. The zero-order chi connectivity index (χ0) is 11.3. The third-order valence-corrected chi connectivity index (χ3v) is 1.65. The Balaban J connectivity index is 2.58. The number of nitrogens with one attached hydrogen (secondary N) is 1. The molecule has 0 saturated carbocycles. The Bertz CT molecular complexity index is 357. The second kappa shape index (κ2) is 5.24. The summed E-state index contributed by atoms with van der Waals surface area (Å²) in [6, 6.07) is 5.30. The predicted molar refractivity (Wildman–Crippen MR) is 57.2 cm³/mol. The van der Waals surface area contributed by atoms with Crippen LogP contribution < -0.4 is 5.43 Å². The number of hydrazone groups is 1. The van der Waals surface area contributed by atoms with Crippen molar-refractivity contribution in [1.82, 2.24) is 5.43 Å². The molecule has 1 amide bonds. The van der Waals surface area contributed by atoms with E-state index in [-0.39, 0.29) is 17.6 Å². The Morgan fingerprint density at radius 2 is 2.00 bits per heavy atom. The minimum atomic E-state index is -0.364. The molecule has 4 heteroatoms. The van der Waals surface area contributed by atoms with Crippen LogP contribution in [-0.2, 0) is 0 Å². The normalized spacial score (nSPS) is 10.9. The van der Waals surface area contributed by atoms with Crippen LogP contribution in [0.3, 0.4) is 0 Å². The monoisotopic (exact) mass is 208 g/mol. The highest BCUT2D eigenvalue weighted by atomic mass is 19.1. The first-order valence-corrected chi connectivity index (χ1v) is 4.68. The summed E-state index contributed by atoms with van der Waals surface area (Å²) >= 11 is 0. The summed E-state index contributed by atoms with van der Waals surface area (Å²) in [5, 5.41) is 3.75. The first kappa shape index (κ1) is 11.4. The molecule has 0 radical (unpaired) electrons. The summed E-state index contributed by atoms with van der Waals surface area (Å²) in [5.41, 5.74) is 2.74. The SMILES string of the molecule is CC(C)C=NNC(=O)c1ccc(F)cc1. The lowest BCUT2D eigenvalue weighted by Crippen LogP contribution is -2.17. The number of carbonyl (C=O) groups is 1. The fraction of sp³-hybridized carbons (Fsp3) is 0.273. The molecule has 15 heavy (non-hydrogen) atoms. The molecule has 0 unspecified atom stereocenters. The van der Waals surface area contributed by atoms with Gasteiger partial charge in [0.25, 0.3) is 5.91 Å².